The molecule has 22 heavy (non-hydrogen) atoms. The van der Waals surface area contributed by atoms with Crippen molar-refractivity contribution < 1.29 is 14.4 Å². The zero-order chi connectivity index (χ0) is 15.9. The first-order chi connectivity index (χ1) is 10.6. The highest BCUT2D eigenvalue weighted by Gasteiger charge is 2.09. The van der Waals surface area contributed by atoms with E-state index in [0.717, 1.165) is 0 Å². The highest BCUT2D eigenvalue weighted by Crippen LogP contribution is 2.12. The fourth-order valence-electron chi connectivity index (χ4n) is 1.75. The number of nitrogens with zero attached hydrogens (tertiary/aromatic N) is 1. The van der Waals surface area contributed by atoms with Gasteiger partial charge in [0, 0.05) is 23.6 Å². The van der Waals surface area contributed by atoms with E-state index in [2.05, 4.69) is 15.6 Å². The average molecular weight is 297 g/mol. The van der Waals surface area contributed by atoms with Gasteiger partial charge in [0.15, 0.2) is 0 Å². The third kappa shape index (κ3) is 4.24. The van der Waals surface area contributed by atoms with Gasteiger partial charge in [-0.2, -0.15) is 0 Å². The molecule has 0 saturated carbocycles. The van der Waals surface area contributed by atoms with E-state index >= 15 is 0 Å². The van der Waals surface area contributed by atoms with Crippen LogP contribution >= 0.6 is 0 Å². The number of carbonyl (C=O) groups is 3. The maximum atomic E-state index is 12.0. The van der Waals surface area contributed by atoms with Crippen LogP contribution < -0.4 is 10.6 Å². The highest BCUT2D eigenvalue weighted by atomic mass is 16.2. The van der Waals surface area contributed by atoms with E-state index in [0.29, 0.717) is 16.8 Å². The molecule has 112 valence electrons. The molecule has 1 aromatic carbocycles. The van der Waals surface area contributed by atoms with Gasteiger partial charge in [-0.05, 0) is 37.3 Å². The van der Waals surface area contributed by atoms with Gasteiger partial charge in [0.2, 0.25) is 0 Å². The molecule has 0 unspecified atom stereocenters. The van der Waals surface area contributed by atoms with Crippen LogP contribution in [0.4, 0.5) is 5.69 Å². The maximum absolute atomic E-state index is 12.0. The Kier molecular flexibility index (Phi) is 4.98. The van der Waals surface area contributed by atoms with Crippen molar-refractivity contribution in [3.05, 3.63) is 59.9 Å². The molecule has 2 amide bonds. The third-order valence-electron chi connectivity index (χ3n) is 2.80. The van der Waals surface area contributed by atoms with Crippen LogP contribution in [0.15, 0.2) is 48.8 Å². The molecule has 2 aromatic rings. The predicted octanol–water partition coefficient (Wildman–Crippen LogP) is 1.65. The number of anilines is 1. The van der Waals surface area contributed by atoms with E-state index < -0.39 is 0 Å². The second-order valence-corrected chi connectivity index (χ2v) is 4.66. The Morgan fingerprint density at radius 2 is 1.82 bits per heavy atom. The molecule has 0 saturated heterocycles. The SMILES string of the molecule is CC(=O)CNC(=O)c1cccc(NC(=O)c2cccnc2)c1. The minimum atomic E-state index is -0.368. The number of amides is 2. The lowest BCUT2D eigenvalue weighted by molar-refractivity contribution is -0.116. The fourth-order valence-corrected chi connectivity index (χ4v) is 1.75. The number of aromatic nitrogens is 1. The molecule has 0 atom stereocenters. The van der Waals surface area contributed by atoms with E-state index in [1.807, 2.05) is 0 Å². The fraction of sp³-hybridized carbons (Fsp3) is 0.125. The highest BCUT2D eigenvalue weighted by molar-refractivity contribution is 6.05. The number of pyridine rings is 1. The summed E-state index contributed by atoms with van der Waals surface area (Å²) in [6.07, 6.45) is 3.04. The average Bonchev–Trinajstić information content (AvgIpc) is 2.53. The van der Waals surface area contributed by atoms with Crippen molar-refractivity contribution in [1.82, 2.24) is 10.3 Å². The molecule has 0 radical (unpaired) electrons. The van der Waals surface area contributed by atoms with Crippen molar-refractivity contribution in [2.75, 3.05) is 11.9 Å². The zero-order valence-electron chi connectivity index (χ0n) is 12.0. The Bertz CT molecular complexity index is 699. The third-order valence-corrected chi connectivity index (χ3v) is 2.80. The summed E-state index contributed by atoms with van der Waals surface area (Å²) in [7, 11) is 0. The van der Waals surface area contributed by atoms with Crippen molar-refractivity contribution in [3.63, 3.8) is 0 Å². The summed E-state index contributed by atoms with van der Waals surface area (Å²) in [5.74, 6) is -0.809. The van der Waals surface area contributed by atoms with Gasteiger partial charge in [-0.25, -0.2) is 0 Å². The second-order valence-electron chi connectivity index (χ2n) is 4.66. The Morgan fingerprint density at radius 1 is 1.05 bits per heavy atom. The summed E-state index contributed by atoms with van der Waals surface area (Å²) in [6.45, 7) is 1.37. The number of hydrogen-bond donors (Lipinski definition) is 2. The maximum Gasteiger partial charge on any atom is 0.257 e. The molecular formula is C16H15N3O3. The number of ketones is 1. The number of hydrogen-bond acceptors (Lipinski definition) is 4. The molecule has 0 aliphatic rings. The Hall–Kier alpha value is -3.02. The molecule has 6 heteroatoms. The Balaban J connectivity index is 2.07. The van der Waals surface area contributed by atoms with Crippen molar-refractivity contribution in [2.24, 2.45) is 0 Å². The number of carbonyl (C=O) groups excluding carboxylic acids is 3. The summed E-state index contributed by atoms with van der Waals surface area (Å²) < 4.78 is 0. The van der Waals surface area contributed by atoms with Crippen molar-refractivity contribution in [2.45, 2.75) is 6.92 Å². The van der Waals surface area contributed by atoms with Crippen LogP contribution in [0.5, 0.6) is 0 Å². The van der Waals surface area contributed by atoms with E-state index in [1.54, 1.807) is 42.6 Å². The molecule has 1 heterocycles. The van der Waals surface area contributed by atoms with E-state index in [4.69, 9.17) is 0 Å². The second kappa shape index (κ2) is 7.12. The molecule has 0 fully saturated rings. The van der Waals surface area contributed by atoms with Gasteiger partial charge in [0.05, 0.1) is 12.1 Å². The minimum Gasteiger partial charge on any atom is -0.345 e. The summed E-state index contributed by atoms with van der Waals surface area (Å²) >= 11 is 0. The van der Waals surface area contributed by atoms with Crippen molar-refractivity contribution in [3.8, 4) is 0 Å². The standard InChI is InChI=1S/C16H15N3O3/c1-11(20)9-18-15(21)12-4-2-6-14(8-12)19-16(22)13-5-3-7-17-10-13/h2-8,10H,9H2,1H3,(H,18,21)(H,19,22). The molecule has 0 bridgehead atoms. The van der Waals surface area contributed by atoms with E-state index in [1.165, 1.54) is 13.1 Å². The molecule has 0 spiro atoms. The van der Waals surface area contributed by atoms with Gasteiger partial charge < -0.3 is 10.6 Å². The lowest BCUT2D eigenvalue weighted by atomic mass is 10.1. The van der Waals surface area contributed by atoms with Crippen LogP contribution in [0.1, 0.15) is 27.6 Å². The van der Waals surface area contributed by atoms with Gasteiger partial charge in [-0.15, -0.1) is 0 Å². The first-order valence-electron chi connectivity index (χ1n) is 6.65. The van der Waals surface area contributed by atoms with Gasteiger partial charge in [-0.1, -0.05) is 6.07 Å². The Morgan fingerprint density at radius 3 is 2.50 bits per heavy atom. The smallest absolute Gasteiger partial charge is 0.257 e. The molecule has 2 rings (SSSR count). The molecule has 0 aliphatic carbocycles. The van der Waals surface area contributed by atoms with Gasteiger partial charge in [0.25, 0.3) is 11.8 Å². The number of Topliss-reactive ketones (excluding diaryl/α,β-unsaturated/α-hetero) is 1. The van der Waals surface area contributed by atoms with E-state index in [-0.39, 0.29) is 24.1 Å². The predicted molar refractivity (Wildman–Crippen MR) is 81.6 cm³/mol. The van der Waals surface area contributed by atoms with Crippen molar-refractivity contribution >= 4 is 23.3 Å². The van der Waals surface area contributed by atoms with Crippen molar-refractivity contribution in [1.29, 1.82) is 0 Å². The Labute approximate surface area is 127 Å². The summed E-state index contributed by atoms with van der Waals surface area (Å²) in [6, 6.07) is 9.79. The normalized spacial score (nSPS) is 9.86. The van der Waals surface area contributed by atoms with Gasteiger partial charge in [-0.3, -0.25) is 19.4 Å². The zero-order valence-corrected chi connectivity index (χ0v) is 12.0. The minimum absolute atomic E-state index is 0.0227. The molecule has 0 aliphatic heterocycles. The van der Waals surface area contributed by atoms with Gasteiger partial charge in [0.1, 0.15) is 5.78 Å². The summed E-state index contributed by atoms with van der Waals surface area (Å²) in [5, 5.41) is 5.19. The first-order valence-corrected chi connectivity index (χ1v) is 6.65. The topological polar surface area (TPSA) is 88.2 Å². The number of nitrogens with one attached hydrogen (secondary N) is 2. The quantitative estimate of drug-likeness (QED) is 0.878. The lowest BCUT2D eigenvalue weighted by Crippen LogP contribution is -2.28. The molecule has 2 N–H and O–H groups in total. The van der Waals surface area contributed by atoms with E-state index in [9.17, 15) is 14.4 Å². The van der Waals surface area contributed by atoms with Crippen LogP contribution in [0, 0.1) is 0 Å². The summed E-state index contributed by atoms with van der Waals surface area (Å²) in [4.78, 5) is 38.6. The van der Waals surface area contributed by atoms with Crippen LogP contribution in [-0.2, 0) is 4.79 Å². The lowest BCUT2D eigenvalue weighted by Gasteiger charge is -2.07. The van der Waals surface area contributed by atoms with Crippen LogP contribution in [0.25, 0.3) is 0 Å². The summed E-state index contributed by atoms with van der Waals surface area (Å²) in [5.41, 5.74) is 1.28. The molecule has 1 aromatic heterocycles. The molecule has 6 nitrogen and oxygen atoms in total. The molecular weight excluding hydrogens is 282 g/mol. The first kappa shape index (κ1) is 15.4. The van der Waals surface area contributed by atoms with Gasteiger partial charge >= 0.3 is 0 Å². The van der Waals surface area contributed by atoms with Crippen LogP contribution in [0.3, 0.4) is 0 Å². The van der Waals surface area contributed by atoms with Crippen LogP contribution in [-0.4, -0.2) is 29.1 Å². The number of benzene rings is 1. The largest absolute Gasteiger partial charge is 0.345 e. The van der Waals surface area contributed by atoms with Crippen LogP contribution in [0.2, 0.25) is 0 Å². The monoisotopic (exact) mass is 297 g/mol. The number of rotatable bonds is 5.